The quantitative estimate of drug-likeness (QED) is 0.837. The van der Waals surface area contributed by atoms with Crippen molar-refractivity contribution >= 4 is 12.0 Å². The molecule has 3 heterocycles. The molecule has 0 bridgehead atoms. The number of piperidine rings is 1. The van der Waals surface area contributed by atoms with Gasteiger partial charge in [0.25, 0.3) is 0 Å². The zero-order valence-corrected chi connectivity index (χ0v) is 13.2. The molecule has 2 fully saturated rings. The van der Waals surface area contributed by atoms with Crippen LogP contribution < -0.4 is 9.64 Å². The zero-order chi connectivity index (χ0) is 15.5. The standard InChI is InChI=1S/C15H23N5O2/c1-3-18-10-11-20(15(18)21)12-5-8-19(9-6-12)14-16-7-4-13(17-14)22-2/h4,7,12H,3,5-6,8-11H2,1-2H3. The fourth-order valence-corrected chi connectivity index (χ4v) is 3.21. The lowest BCUT2D eigenvalue weighted by atomic mass is 10.0. The number of carbonyl (C=O) groups excluding carboxylic acids is 1. The van der Waals surface area contributed by atoms with Crippen LogP contribution in [0.15, 0.2) is 12.3 Å². The third-order valence-electron chi connectivity index (χ3n) is 4.52. The Hall–Kier alpha value is -2.05. The number of hydrogen-bond donors (Lipinski definition) is 0. The predicted molar refractivity (Wildman–Crippen MR) is 83.2 cm³/mol. The lowest BCUT2D eigenvalue weighted by molar-refractivity contribution is 0.169. The number of rotatable bonds is 4. The number of ether oxygens (including phenoxy) is 1. The van der Waals surface area contributed by atoms with Crippen molar-refractivity contribution in [3.8, 4) is 5.88 Å². The van der Waals surface area contributed by atoms with Gasteiger partial charge in [0.2, 0.25) is 11.8 Å². The molecule has 0 atom stereocenters. The van der Waals surface area contributed by atoms with Gasteiger partial charge in [-0.05, 0) is 19.8 Å². The maximum absolute atomic E-state index is 12.3. The lowest BCUT2D eigenvalue weighted by Gasteiger charge is -2.36. The van der Waals surface area contributed by atoms with Crippen molar-refractivity contribution in [2.24, 2.45) is 0 Å². The molecule has 0 N–H and O–H groups in total. The number of carbonyl (C=O) groups is 1. The second kappa shape index (κ2) is 6.37. The van der Waals surface area contributed by atoms with Gasteiger partial charge in [0.15, 0.2) is 0 Å². The van der Waals surface area contributed by atoms with Crippen molar-refractivity contribution < 1.29 is 9.53 Å². The van der Waals surface area contributed by atoms with Crippen LogP contribution in [-0.4, -0.2) is 71.7 Å². The first kappa shape index (κ1) is 14.9. The van der Waals surface area contributed by atoms with Crippen LogP contribution in [0.25, 0.3) is 0 Å². The van der Waals surface area contributed by atoms with Crippen LogP contribution >= 0.6 is 0 Å². The summed E-state index contributed by atoms with van der Waals surface area (Å²) in [5, 5.41) is 0. The summed E-state index contributed by atoms with van der Waals surface area (Å²) in [5.74, 6) is 1.29. The van der Waals surface area contributed by atoms with Gasteiger partial charge < -0.3 is 19.4 Å². The minimum Gasteiger partial charge on any atom is -0.481 e. The maximum Gasteiger partial charge on any atom is 0.320 e. The number of urea groups is 1. The van der Waals surface area contributed by atoms with Gasteiger partial charge in [-0.2, -0.15) is 4.98 Å². The highest BCUT2D eigenvalue weighted by molar-refractivity contribution is 5.76. The van der Waals surface area contributed by atoms with Crippen molar-refractivity contribution in [2.75, 3.05) is 44.7 Å². The Morgan fingerprint density at radius 2 is 2.05 bits per heavy atom. The first-order valence-corrected chi connectivity index (χ1v) is 7.90. The molecule has 0 radical (unpaired) electrons. The number of nitrogens with zero attached hydrogens (tertiary/aromatic N) is 5. The van der Waals surface area contributed by atoms with E-state index in [0.717, 1.165) is 45.6 Å². The molecule has 0 spiro atoms. The van der Waals surface area contributed by atoms with Gasteiger partial charge >= 0.3 is 6.03 Å². The first-order chi connectivity index (χ1) is 10.7. The van der Waals surface area contributed by atoms with E-state index in [1.54, 1.807) is 19.4 Å². The predicted octanol–water partition coefficient (Wildman–Crippen LogP) is 1.21. The summed E-state index contributed by atoms with van der Waals surface area (Å²) in [7, 11) is 1.61. The molecular weight excluding hydrogens is 282 g/mol. The number of amides is 2. The summed E-state index contributed by atoms with van der Waals surface area (Å²) in [4.78, 5) is 27.1. The van der Waals surface area contributed by atoms with Crippen LogP contribution in [-0.2, 0) is 0 Å². The lowest BCUT2D eigenvalue weighted by Crippen LogP contribution is -2.47. The van der Waals surface area contributed by atoms with Crippen LogP contribution in [0.1, 0.15) is 19.8 Å². The number of methoxy groups -OCH3 is 1. The van der Waals surface area contributed by atoms with E-state index in [1.165, 1.54) is 0 Å². The molecule has 2 saturated heterocycles. The van der Waals surface area contributed by atoms with Gasteiger partial charge in [-0.1, -0.05) is 0 Å². The summed E-state index contributed by atoms with van der Waals surface area (Å²) in [5.41, 5.74) is 0. The normalized spacial score (nSPS) is 19.9. The van der Waals surface area contributed by atoms with E-state index >= 15 is 0 Å². The Morgan fingerprint density at radius 1 is 1.27 bits per heavy atom. The molecular formula is C15H23N5O2. The van der Waals surface area contributed by atoms with Gasteiger partial charge in [0, 0.05) is 51.0 Å². The minimum absolute atomic E-state index is 0.193. The second-order valence-corrected chi connectivity index (χ2v) is 5.67. The molecule has 22 heavy (non-hydrogen) atoms. The summed E-state index contributed by atoms with van der Waals surface area (Å²) in [6.45, 7) is 6.28. The largest absolute Gasteiger partial charge is 0.481 e. The van der Waals surface area contributed by atoms with Crippen LogP contribution in [0.3, 0.4) is 0 Å². The third kappa shape index (κ3) is 2.80. The van der Waals surface area contributed by atoms with Crippen molar-refractivity contribution in [3.63, 3.8) is 0 Å². The SMILES string of the molecule is CCN1CCN(C2CCN(c3nccc(OC)n3)CC2)C1=O. The summed E-state index contributed by atoms with van der Waals surface area (Å²) in [6, 6.07) is 2.28. The molecule has 0 unspecified atom stereocenters. The number of aromatic nitrogens is 2. The molecule has 120 valence electrons. The molecule has 7 nitrogen and oxygen atoms in total. The van der Waals surface area contributed by atoms with E-state index in [0.29, 0.717) is 17.9 Å². The Labute approximate surface area is 130 Å². The Balaban J connectivity index is 1.59. The second-order valence-electron chi connectivity index (χ2n) is 5.67. The van der Waals surface area contributed by atoms with Crippen molar-refractivity contribution in [1.29, 1.82) is 0 Å². The van der Waals surface area contributed by atoms with E-state index in [-0.39, 0.29) is 6.03 Å². The molecule has 2 amide bonds. The Kier molecular flexibility index (Phi) is 4.31. The Morgan fingerprint density at radius 3 is 2.68 bits per heavy atom. The highest BCUT2D eigenvalue weighted by Crippen LogP contribution is 2.23. The summed E-state index contributed by atoms with van der Waals surface area (Å²) >= 11 is 0. The van der Waals surface area contributed by atoms with Gasteiger partial charge in [-0.3, -0.25) is 0 Å². The molecule has 1 aromatic heterocycles. The monoisotopic (exact) mass is 305 g/mol. The van der Waals surface area contributed by atoms with Crippen LogP contribution in [0.5, 0.6) is 5.88 Å². The number of likely N-dealkylation sites (N-methyl/N-ethyl adjacent to an activating group) is 1. The molecule has 0 aliphatic carbocycles. The topological polar surface area (TPSA) is 61.8 Å². The van der Waals surface area contributed by atoms with Crippen LogP contribution in [0.2, 0.25) is 0 Å². The summed E-state index contributed by atoms with van der Waals surface area (Å²) < 4.78 is 5.15. The van der Waals surface area contributed by atoms with Gasteiger partial charge in [-0.15, -0.1) is 0 Å². The molecule has 7 heteroatoms. The van der Waals surface area contributed by atoms with E-state index in [9.17, 15) is 4.79 Å². The maximum atomic E-state index is 12.3. The number of hydrogen-bond acceptors (Lipinski definition) is 5. The van der Waals surface area contributed by atoms with Gasteiger partial charge in [0.1, 0.15) is 0 Å². The molecule has 3 rings (SSSR count). The highest BCUT2D eigenvalue weighted by Gasteiger charge is 2.34. The number of anilines is 1. The molecule has 0 saturated carbocycles. The Bertz CT molecular complexity index is 530. The van der Waals surface area contributed by atoms with Gasteiger partial charge in [-0.25, -0.2) is 9.78 Å². The van der Waals surface area contributed by atoms with E-state index in [4.69, 9.17) is 4.74 Å². The molecule has 1 aromatic rings. The average molecular weight is 305 g/mol. The highest BCUT2D eigenvalue weighted by atomic mass is 16.5. The van der Waals surface area contributed by atoms with E-state index < -0.39 is 0 Å². The molecule has 2 aliphatic heterocycles. The average Bonchev–Trinajstić information content (AvgIpc) is 2.96. The van der Waals surface area contributed by atoms with E-state index in [2.05, 4.69) is 14.9 Å². The van der Waals surface area contributed by atoms with Gasteiger partial charge in [0.05, 0.1) is 7.11 Å². The first-order valence-electron chi connectivity index (χ1n) is 7.90. The fourth-order valence-electron chi connectivity index (χ4n) is 3.21. The fraction of sp³-hybridized carbons (Fsp3) is 0.667. The zero-order valence-electron chi connectivity index (χ0n) is 13.2. The van der Waals surface area contributed by atoms with Crippen molar-refractivity contribution in [3.05, 3.63) is 12.3 Å². The van der Waals surface area contributed by atoms with Crippen LogP contribution in [0.4, 0.5) is 10.7 Å². The van der Waals surface area contributed by atoms with Crippen molar-refractivity contribution in [1.82, 2.24) is 19.8 Å². The van der Waals surface area contributed by atoms with Crippen LogP contribution in [0, 0.1) is 0 Å². The van der Waals surface area contributed by atoms with E-state index in [1.807, 2.05) is 16.7 Å². The smallest absolute Gasteiger partial charge is 0.320 e. The summed E-state index contributed by atoms with van der Waals surface area (Å²) in [6.07, 6.45) is 3.64. The molecule has 2 aliphatic rings. The minimum atomic E-state index is 0.193. The third-order valence-corrected chi connectivity index (χ3v) is 4.52. The van der Waals surface area contributed by atoms with Crippen molar-refractivity contribution in [2.45, 2.75) is 25.8 Å². The molecule has 0 aromatic carbocycles.